The van der Waals surface area contributed by atoms with E-state index in [1.807, 2.05) is 6.92 Å². The van der Waals surface area contributed by atoms with Gasteiger partial charge in [0, 0.05) is 45.6 Å². The van der Waals surface area contributed by atoms with Crippen molar-refractivity contribution in [1.29, 1.82) is 0 Å². The standard InChI is InChI=1S/C30H40O12/c1-17-11-27(42-22(6)35)29-15-39-30(29,16-38-19(3)32)26(41-21(5)34)8-7-25(29)28(17,14-37-18(2)31)12-24(40-20(4)33)23-9-10-36-13-23/h9-10,13,17,24-27H,7-8,11-12,14-16H2,1-6H3/t17-,24?,25-,26?,27?,28-,29+,30+/m0/s1. The van der Waals surface area contributed by atoms with Crippen LogP contribution in [0.3, 0.4) is 0 Å². The number of carbonyl (C=O) groups is 5. The molecule has 1 aliphatic heterocycles. The fourth-order valence-corrected chi connectivity index (χ4v) is 7.82. The van der Waals surface area contributed by atoms with E-state index in [4.69, 9.17) is 32.8 Å². The van der Waals surface area contributed by atoms with E-state index in [1.54, 1.807) is 6.07 Å². The van der Waals surface area contributed by atoms with Crippen molar-refractivity contribution in [3.63, 3.8) is 0 Å². The number of rotatable bonds is 10. The molecule has 3 aliphatic rings. The maximum Gasteiger partial charge on any atom is 0.303 e. The van der Waals surface area contributed by atoms with Gasteiger partial charge in [0.2, 0.25) is 0 Å². The zero-order chi connectivity index (χ0) is 30.9. The predicted octanol–water partition coefficient (Wildman–Crippen LogP) is 3.46. The van der Waals surface area contributed by atoms with Gasteiger partial charge in [-0.2, -0.15) is 0 Å². The summed E-state index contributed by atoms with van der Waals surface area (Å²) in [5.74, 6) is -3.11. The number of esters is 5. The van der Waals surface area contributed by atoms with Crippen molar-refractivity contribution < 1.29 is 56.8 Å². The SMILES string of the molecule is CC(=O)OC[C@@]1(CC(OC(C)=O)c2ccoc2)[C@@H](C)CC(OC(C)=O)[C@]23CO[C@]2(COC(C)=O)C(OC(C)=O)CC[C@@H]13. The Balaban J connectivity index is 1.90. The van der Waals surface area contributed by atoms with Crippen LogP contribution < -0.4 is 0 Å². The van der Waals surface area contributed by atoms with E-state index in [1.165, 1.54) is 47.1 Å². The maximum absolute atomic E-state index is 12.5. The van der Waals surface area contributed by atoms with Crippen LogP contribution in [0.15, 0.2) is 23.0 Å². The Morgan fingerprint density at radius 1 is 0.881 bits per heavy atom. The van der Waals surface area contributed by atoms with Crippen LogP contribution in [-0.2, 0) is 52.4 Å². The molecule has 1 aromatic heterocycles. The second-order valence-corrected chi connectivity index (χ2v) is 11.8. The molecular formula is C30H40O12. The van der Waals surface area contributed by atoms with Crippen LogP contribution in [0.5, 0.6) is 0 Å². The molecule has 1 aromatic rings. The summed E-state index contributed by atoms with van der Waals surface area (Å²) >= 11 is 0. The molecule has 12 nitrogen and oxygen atoms in total. The van der Waals surface area contributed by atoms with E-state index in [9.17, 15) is 24.0 Å². The van der Waals surface area contributed by atoms with E-state index in [0.29, 0.717) is 24.8 Å². The summed E-state index contributed by atoms with van der Waals surface area (Å²) < 4.78 is 40.5. The van der Waals surface area contributed by atoms with Crippen molar-refractivity contribution in [3.05, 3.63) is 24.2 Å². The monoisotopic (exact) mass is 592 g/mol. The quantitative estimate of drug-likeness (QED) is 0.289. The molecule has 1 saturated heterocycles. The summed E-state index contributed by atoms with van der Waals surface area (Å²) in [7, 11) is 0. The zero-order valence-corrected chi connectivity index (χ0v) is 25.0. The Kier molecular flexibility index (Phi) is 9.05. The Hall–Kier alpha value is -3.41. The molecule has 0 N–H and O–H groups in total. The van der Waals surface area contributed by atoms with Crippen molar-refractivity contribution >= 4 is 29.8 Å². The summed E-state index contributed by atoms with van der Waals surface area (Å²) in [6.45, 7) is 8.41. The Bertz CT molecular complexity index is 1190. The molecule has 3 unspecified atom stereocenters. The number of furan rings is 1. The lowest BCUT2D eigenvalue weighted by atomic mass is 9.39. The van der Waals surface area contributed by atoms with E-state index in [-0.39, 0.29) is 38.1 Å². The third-order valence-corrected chi connectivity index (χ3v) is 9.47. The lowest BCUT2D eigenvalue weighted by molar-refractivity contribution is -0.403. The number of hydrogen-bond donors (Lipinski definition) is 0. The van der Waals surface area contributed by atoms with Gasteiger partial charge in [-0.25, -0.2) is 0 Å². The summed E-state index contributed by atoms with van der Waals surface area (Å²) in [5.41, 5.74) is -2.51. The number of carbonyl (C=O) groups excluding carboxylic acids is 5. The molecule has 0 aromatic carbocycles. The van der Waals surface area contributed by atoms with E-state index in [0.717, 1.165) is 0 Å². The second-order valence-electron chi connectivity index (χ2n) is 11.8. The number of ether oxygens (including phenoxy) is 6. The third kappa shape index (κ3) is 5.52. The average molecular weight is 593 g/mol. The van der Waals surface area contributed by atoms with Gasteiger partial charge >= 0.3 is 29.8 Å². The second kappa shape index (κ2) is 12.1. The summed E-state index contributed by atoms with van der Waals surface area (Å²) in [4.78, 5) is 61.2. The molecule has 42 heavy (non-hydrogen) atoms. The number of hydrogen-bond acceptors (Lipinski definition) is 12. The van der Waals surface area contributed by atoms with Gasteiger partial charge in [-0.15, -0.1) is 0 Å². The highest BCUT2D eigenvalue weighted by Crippen LogP contribution is 2.71. The van der Waals surface area contributed by atoms with Crippen molar-refractivity contribution in [1.82, 2.24) is 0 Å². The average Bonchev–Trinajstić information content (AvgIpc) is 3.40. The lowest BCUT2D eigenvalue weighted by Gasteiger charge is -2.73. The van der Waals surface area contributed by atoms with E-state index < -0.39 is 64.6 Å². The molecule has 2 aliphatic carbocycles. The minimum Gasteiger partial charge on any atom is -0.472 e. The molecule has 12 heteroatoms. The van der Waals surface area contributed by atoms with Crippen LogP contribution >= 0.6 is 0 Å². The van der Waals surface area contributed by atoms with Crippen LogP contribution in [0, 0.1) is 22.7 Å². The highest BCUT2D eigenvalue weighted by molar-refractivity contribution is 5.68. The minimum atomic E-state index is -1.33. The Labute approximate surface area is 244 Å². The van der Waals surface area contributed by atoms with Crippen molar-refractivity contribution in [2.75, 3.05) is 19.8 Å². The molecule has 3 fully saturated rings. The van der Waals surface area contributed by atoms with Crippen LogP contribution in [0.25, 0.3) is 0 Å². The minimum absolute atomic E-state index is 0.0137. The van der Waals surface area contributed by atoms with Crippen LogP contribution in [0.2, 0.25) is 0 Å². The van der Waals surface area contributed by atoms with Gasteiger partial charge in [-0.3, -0.25) is 24.0 Å². The lowest BCUT2D eigenvalue weighted by Crippen LogP contribution is -2.83. The summed E-state index contributed by atoms with van der Waals surface area (Å²) in [6.07, 6.45) is 2.18. The van der Waals surface area contributed by atoms with Crippen molar-refractivity contribution in [3.8, 4) is 0 Å². The summed E-state index contributed by atoms with van der Waals surface area (Å²) in [5, 5.41) is 0. The normalized spacial score (nSPS) is 34.0. The molecule has 2 heterocycles. The van der Waals surface area contributed by atoms with Crippen molar-refractivity contribution in [2.24, 2.45) is 22.7 Å². The van der Waals surface area contributed by atoms with Gasteiger partial charge in [0.05, 0.1) is 31.2 Å². The topological polar surface area (TPSA) is 154 Å². The molecule has 2 saturated carbocycles. The molecule has 0 radical (unpaired) electrons. The first-order chi connectivity index (χ1) is 19.8. The molecule has 1 spiro atoms. The molecule has 232 valence electrons. The van der Waals surface area contributed by atoms with Crippen molar-refractivity contribution in [2.45, 2.75) is 91.1 Å². The third-order valence-electron chi connectivity index (χ3n) is 9.47. The largest absolute Gasteiger partial charge is 0.472 e. The van der Waals surface area contributed by atoms with Gasteiger partial charge in [-0.1, -0.05) is 6.92 Å². The zero-order valence-electron chi connectivity index (χ0n) is 25.0. The smallest absolute Gasteiger partial charge is 0.303 e. The molecule has 0 bridgehead atoms. The van der Waals surface area contributed by atoms with Gasteiger partial charge < -0.3 is 32.8 Å². The fraction of sp³-hybridized carbons (Fsp3) is 0.700. The molecular weight excluding hydrogens is 552 g/mol. The van der Waals surface area contributed by atoms with E-state index >= 15 is 0 Å². The van der Waals surface area contributed by atoms with Crippen LogP contribution in [-0.4, -0.2) is 67.5 Å². The molecule has 0 amide bonds. The first kappa shape index (κ1) is 31.5. The summed E-state index contributed by atoms with van der Waals surface area (Å²) in [6, 6.07) is 1.72. The Morgan fingerprint density at radius 3 is 2.05 bits per heavy atom. The molecule has 8 atom stereocenters. The first-order valence-corrected chi connectivity index (χ1v) is 14.2. The molecule has 4 rings (SSSR count). The highest BCUT2D eigenvalue weighted by atomic mass is 16.6. The fourth-order valence-electron chi connectivity index (χ4n) is 7.82. The van der Waals surface area contributed by atoms with Gasteiger partial charge in [0.15, 0.2) is 5.60 Å². The highest BCUT2D eigenvalue weighted by Gasteiger charge is 2.80. The maximum atomic E-state index is 12.5. The van der Waals surface area contributed by atoms with E-state index in [2.05, 4.69) is 0 Å². The van der Waals surface area contributed by atoms with Crippen LogP contribution in [0.4, 0.5) is 0 Å². The predicted molar refractivity (Wildman–Crippen MR) is 142 cm³/mol. The van der Waals surface area contributed by atoms with Crippen LogP contribution in [0.1, 0.15) is 78.9 Å². The first-order valence-electron chi connectivity index (χ1n) is 14.2. The Morgan fingerprint density at radius 2 is 1.52 bits per heavy atom. The van der Waals surface area contributed by atoms with Gasteiger partial charge in [0.25, 0.3) is 0 Å². The van der Waals surface area contributed by atoms with Gasteiger partial charge in [0.1, 0.15) is 24.9 Å². The van der Waals surface area contributed by atoms with Gasteiger partial charge in [-0.05, 0) is 43.6 Å².